The van der Waals surface area contributed by atoms with Crippen LogP contribution in [0.3, 0.4) is 0 Å². The molecule has 0 amide bonds. The van der Waals surface area contributed by atoms with Crippen molar-refractivity contribution in [2.24, 2.45) is 0 Å². The molecule has 8 heteroatoms. The Morgan fingerprint density at radius 3 is 2.53 bits per heavy atom. The number of carbonyl (C=O) groups is 1. The van der Waals surface area contributed by atoms with Crippen molar-refractivity contribution in [2.75, 3.05) is 42.0 Å². The Morgan fingerprint density at radius 2 is 1.84 bits per heavy atom. The first-order valence-corrected chi connectivity index (χ1v) is 13.1. The number of fused-ring (bicyclic) bond motifs is 3. The Kier molecular flexibility index (Phi) is 6.07. The minimum absolute atomic E-state index is 0.233. The Balaban J connectivity index is 1.49. The Morgan fingerprint density at radius 1 is 1.05 bits per heavy atom. The Hall–Kier alpha value is -2.91. The molecule has 6 rings (SSSR count). The molecule has 3 fully saturated rings. The van der Waals surface area contributed by atoms with Gasteiger partial charge in [-0.05, 0) is 49.7 Å². The van der Waals surface area contributed by atoms with Crippen LogP contribution in [0.2, 0.25) is 0 Å². The quantitative estimate of drug-likeness (QED) is 0.402. The second-order valence-corrected chi connectivity index (χ2v) is 10.6. The van der Waals surface area contributed by atoms with E-state index < -0.39 is 34.9 Å². The standard InChI is InChI=1S/C30H35NO7/c1-31-16-15-28-17-23(37-24(32)14-11-19-9-7-6-8-10-19)27(35-4)30(36-5)29(28,31)18-22(38-30)20-12-13-21(33-2)26(34-3)25(20)28/h6-14,22-23,27H,15-18H2,1-5H3/t22-,23-,27-,28-,29-,30-/m1/s1. The molecule has 2 aromatic carbocycles. The first-order valence-electron chi connectivity index (χ1n) is 13.1. The maximum atomic E-state index is 13.2. The van der Waals surface area contributed by atoms with Gasteiger partial charge in [0, 0.05) is 37.7 Å². The van der Waals surface area contributed by atoms with Gasteiger partial charge in [0.05, 0.1) is 25.9 Å². The summed E-state index contributed by atoms with van der Waals surface area (Å²) in [5.41, 5.74) is 2.02. The molecule has 0 unspecified atom stereocenters. The molecule has 38 heavy (non-hydrogen) atoms. The fraction of sp³-hybridized carbons (Fsp3) is 0.500. The van der Waals surface area contributed by atoms with Crippen molar-refractivity contribution in [3.63, 3.8) is 0 Å². The third kappa shape index (κ3) is 3.09. The molecular formula is C30H35NO7. The summed E-state index contributed by atoms with van der Waals surface area (Å²) in [5, 5.41) is 0. The number of hydrogen-bond donors (Lipinski definition) is 0. The highest BCUT2D eigenvalue weighted by atomic mass is 16.7. The van der Waals surface area contributed by atoms with E-state index >= 15 is 0 Å². The number of methoxy groups -OCH3 is 4. The average molecular weight is 522 g/mol. The molecule has 2 saturated heterocycles. The van der Waals surface area contributed by atoms with E-state index in [1.54, 1.807) is 34.5 Å². The number of esters is 1. The molecule has 202 valence electrons. The van der Waals surface area contributed by atoms with Gasteiger partial charge < -0.3 is 28.4 Å². The molecule has 0 radical (unpaired) electrons. The lowest BCUT2D eigenvalue weighted by atomic mass is 9.50. The smallest absolute Gasteiger partial charge is 0.331 e. The fourth-order valence-corrected chi connectivity index (χ4v) is 8.07. The molecule has 2 bridgehead atoms. The first-order chi connectivity index (χ1) is 18.4. The Bertz CT molecular complexity index is 1260. The van der Waals surface area contributed by atoms with Crippen molar-refractivity contribution >= 4 is 12.0 Å². The lowest BCUT2D eigenvalue weighted by Crippen LogP contribution is -2.78. The fourth-order valence-electron chi connectivity index (χ4n) is 8.07. The number of benzene rings is 2. The van der Waals surface area contributed by atoms with Gasteiger partial charge >= 0.3 is 5.97 Å². The number of nitrogens with zero attached hydrogens (tertiary/aromatic N) is 1. The van der Waals surface area contributed by atoms with Crippen LogP contribution in [0.25, 0.3) is 6.08 Å². The van der Waals surface area contributed by atoms with Gasteiger partial charge in [0.2, 0.25) is 5.79 Å². The summed E-state index contributed by atoms with van der Waals surface area (Å²) in [6.07, 6.45) is 3.84. The van der Waals surface area contributed by atoms with E-state index in [1.165, 1.54) is 6.08 Å². The number of carbonyl (C=O) groups excluding carboxylic acids is 1. The molecule has 2 aliphatic carbocycles. The number of ether oxygens (including phenoxy) is 6. The van der Waals surface area contributed by atoms with Gasteiger partial charge in [-0.25, -0.2) is 4.79 Å². The van der Waals surface area contributed by atoms with Gasteiger partial charge in [-0.2, -0.15) is 0 Å². The van der Waals surface area contributed by atoms with Crippen molar-refractivity contribution in [2.45, 2.75) is 54.3 Å². The second kappa shape index (κ2) is 9.09. The molecule has 2 aromatic rings. The average Bonchev–Trinajstić information content (AvgIpc) is 3.45. The van der Waals surface area contributed by atoms with Crippen LogP contribution in [0.5, 0.6) is 11.5 Å². The minimum Gasteiger partial charge on any atom is -0.493 e. The van der Waals surface area contributed by atoms with Crippen molar-refractivity contribution < 1.29 is 33.2 Å². The summed E-state index contributed by atoms with van der Waals surface area (Å²) < 4.78 is 37.3. The van der Waals surface area contributed by atoms with Crippen molar-refractivity contribution in [3.05, 3.63) is 65.2 Å². The highest BCUT2D eigenvalue weighted by Gasteiger charge is 2.83. The topological polar surface area (TPSA) is 75.7 Å². The van der Waals surface area contributed by atoms with Gasteiger partial charge in [0.15, 0.2) is 11.5 Å². The largest absolute Gasteiger partial charge is 0.493 e. The van der Waals surface area contributed by atoms with Crippen LogP contribution in [-0.4, -0.2) is 76.4 Å². The van der Waals surface area contributed by atoms with Crippen LogP contribution in [0.4, 0.5) is 0 Å². The maximum absolute atomic E-state index is 13.2. The zero-order valence-corrected chi connectivity index (χ0v) is 22.6. The van der Waals surface area contributed by atoms with Crippen LogP contribution in [0.15, 0.2) is 48.5 Å². The third-order valence-electron chi connectivity index (χ3n) is 9.39. The summed E-state index contributed by atoms with van der Waals surface area (Å²) in [4.78, 5) is 15.5. The molecule has 0 N–H and O–H groups in total. The zero-order valence-electron chi connectivity index (χ0n) is 22.6. The van der Waals surface area contributed by atoms with E-state index in [4.69, 9.17) is 28.4 Å². The van der Waals surface area contributed by atoms with Crippen molar-refractivity contribution in [1.82, 2.24) is 4.90 Å². The first kappa shape index (κ1) is 25.4. The molecule has 8 nitrogen and oxygen atoms in total. The Labute approximate surface area is 223 Å². The van der Waals surface area contributed by atoms with Crippen LogP contribution < -0.4 is 9.47 Å². The lowest BCUT2D eigenvalue weighted by Gasteiger charge is -2.61. The van der Waals surface area contributed by atoms with Crippen molar-refractivity contribution in [1.29, 1.82) is 0 Å². The lowest BCUT2D eigenvalue weighted by molar-refractivity contribution is -0.339. The van der Waals surface area contributed by atoms with Crippen LogP contribution in [-0.2, 0) is 29.2 Å². The molecule has 6 atom stereocenters. The number of rotatable bonds is 7. The van der Waals surface area contributed by atoms with Crippen LogP contribution in [0.1, 0.15) is 42.1 Å². The molecule has 1 saturated carbocycles. The molecule has 2 heterocycles. The molecule has 4 aliphatic rings. The third-order valence-corrected chi connectivity index (χ3v) is 9.39. The number of hydrogen-bond acceptors (Lipinski definition) is 8. The summed E-state index contributed by atoms with van der Waals surface area (Å²) >= 11 is 0. The normalized spacial score (nSPS) is 35.1. The predicted molar refractivity (Wildman–Crippen MR) is 140 cm³/mol. The second-order valence-electron chi connectivity index (χ2n) is 10.6. The van der Waals surface area contributed by atoms with Gasteiger partial charge in [-0.1, -0.05) is 36.4 Å². The van der Waals surface area contributed by atoms with Gasteiger partial charge in [0.1, 0.15) is 12.2 Å². The molecular weight excluding hydrogens is 486 g/mol. The predicted octanol–water partition coefficient (Wildman–Crippen LogP) is 3.88. The van der Waals surface area contributed by atoms with E-state index in [0.717, 1.165) is 36.1 Å². The highest BCUT2D eigenvalue weighted by molar-refractivity contribution is 5.87. The summed E-state index contributed by atoms with van der Waals surface area (Å²) in [7, 11) is 8.75. The van der Waals surface area contributed by atoms with Crippen LogP contribution in [0, 0.1) is 0 Å². The van der Waals surface area contributed by atoms with E-state index in [9.17, 15) is 4.79 Å². The number of likely N-dealkylation sites (N-methyl/N-ethyl adjacent to an activating group) is 1. The van der Waals surface area contributed by atoms with Gasteiger partial charge in [-0.15, -0.1) is 0 Å². The maximum Gasteiger partial charge on any atom is 0.331 e. The van der Waals surface area contributed by atoms with E-state index in [-0.39, 0.29) is 6.10 Å². The van der Waals surface area contributed by atoms with Gasteiger partial charge in [-0.3, -0.25) is 4.90 Å². The minimum atomic E-state index is -1.17. The SMILES string of the molecule is COc1ccc2c(c1OC)[C@]13CCN(C)[C@]14C[C@H]2O[C@]4(OC)[C@H](OC)[C@H](OC(=O)C=Cc1ccccc1)C3. The van der Waals surface area contributed by atoms with E-state index in [0.29, 0.717) is 17.9 Å². The van der Waals surface area contributed by atoms with E-state index in [2.05, 4.69) is 18.0 Å². The van der Waals surface area contributed by atoms with Gasteiger partial charge in [0.25, 0.3) is 0 Å². The van der Waals surface area contributed by atoms with E-state index in [1.807, 2.05) is 36.4 Å². The summed E-state index contributed by atoms with van der Waals surface area (Å²) in [6, 6.07) is 13.7. The number of likely N-dealkylation sites (tertiary alicyclic amines) is 1. The highest BCUT2D eigenvalue weighted by Crippen LogP contribution is 2.73. The van der Waals surface area contributed by atoms with Crippen molar-refractivity contribution in [3.8, 4) is 11.5 Å². The molecule has 1 spiro atoms. The molecule has 0 aromatic heterocycles. The zero-order chi connectivity index (χ0) is 26.7. The summed E-state index contributed by atoms with van der Waals surface area (Å²) in [5.74, 6) is -0.230. The molecule has 2 aliphatic heterocycles. The monoisotopic (exact) mass is 521 g/mol. The van der Waals surface area contributed by atoms with Crippen LogP contribution >= 0.6 is 0 Å². The summed E-state index contributed by atoms with van der Waals surface area (Å²) in [6.45, 7) is 0.825.